The van der Waals surface area contributed by atoms with E-state index >= 15 is 0 Å². The molecule has 0 atom stereocenters. The minimum Gasteiger partial charge on any atom is -0.365 e. The molecule has 0 radical (unpaired) electrons. The molecule has 92 valence electrons. The van der Waals surface area contributed by atoms with Crippen LogP contribution in [0.4, 0.5) is 14.6 Å². The quantitative estimate of drug-likeness (QED) is 0.889. The predicted molar refractivity (Wildman–Crippen MR) is 58.8 cm³/mol. The van der Waals surface area contributed by atoms with Gasteiger partial charge >= 0.3 is 6.55 Å². The molecule has 0 aromatic carbocycles. The van der Waals surface area contributed by atoms with Crippen LogP contribution in [-0.2, 0) is 13.6 Å². The molecule has 0 aliphatic heterocycles. The zero-order valence-electron chi connectivity index (χ0n) is 9.56. The average Bonchev–Trinajstić information content (AvgIpc) is 2.82. The lowest BCUT2D eigenvalue weighted by atomic mass is 10.4. The van der Waals surface area contributed by atoms with Gasteiger partial charge in [0.2, 0.25) is 0 Å². The predicted octanol–water partition coefficient (Wildman–Crippen LogP) is 1.93. The SMILES string of the molecule is Cc1cc(NCc2ccnn2C(F)F)n(C)n1. The molecule has 0 amide bonds. The van der Waals surface area contributed by atoms with E-state index < -0.39 is 6.55 Å². The van der Waals surface area contributed by atoms with E-state index in [4.69, 9.17) is 0 Å². The fourth-order valence-corrected chi connectivity index (χ4v) is 1.61. The van der Waals surface area contributed by atoms with E-state index in [1.165, 1.54) is 6.20 Å². The van der Waals surface area contributed by atoms with E-state index in [0.29, 0.717) is 10.4 Å². The maximum Gasteiger partial charge on any atom is 0.333 e. The fourth-order valence-electron chi connectivity index (χ4n) is 1.61. The Morgan fingerprint density at radius 1 is 1.47 bits per heavy atom. The largest absolute Gasteiger partial charge is 0.365 e. The third kappa shape index (κ3) is 2.43. The van der Waals surface area contributed by atoms with Crippen molar-refractivity contribution in [1.82, 2.24) is 19.6 Å². The fraction of sp³-hybridized carbons (Fsp3) is 0.400. The molecular weight excluding hydrogens is 228 g/mol. The number of nitrogens with one attached hydrogen (secondary N) is 1. The molecule has 0 aliphatic carbocycles. The molecule has 0 saturated heterocycles. The van der Waals surface area contributed by atoms with Gasteiger partial charge in [0.25, 0.3) is 0 Å². The molecule has 0 saturated carbocycles. The Morgan fingerprint density at radius 2 is 2.24 bits per heavy atom. The van der Waals surface area contributed by atoms with Crippen LogP contribution in [-0.4, -0.2) is 19.6 Å². The first kappa shape index (κ1) is 11.6. The van der Waals surface area contributed by atoms with Gasteiger partial charge in [-0.15, -0.1) is 0 Å². The highest BCUT2D eigenvalue weighted by molar-refractivity contribution is 5.36. The van der Waals surface area contributed by atoms with E-state index in [2.05, 4.69) is 15.5 Å². The zero-order chi connectivity index (χ0) is 12.4. The lowest BCUT2D eigenvalue weighted by molar-refractivity contribution is 0.0537. The number of alkyl halides is 2. The van der Waals surface area contributed by atoms with Crippen molar-refractivity contribution in [3.05, 3.63) is 29.7 Å². The second kappa shape index (κ2) is 4.52. The van der Waals surface area contributed by atoms with E-state index in [0.717, 1.165) is 11.5 Å². The minimum absolute atomic E-state index is 0.281. The van der Waals surface area contributed by atoms with Gasteiger partial charge in [-0.3, -0.25) is 4.68 Å². The monoisotopic (exact) mass is 241 g/mol. The smallest absolute Gasteiger partial charge is 0.333 e. The van der Waals surface area contributed by atoms with Crippen molar-refractivity contribution in [2.45, 2.75) is 20.0 Å². The van der Waals surface area contributed by atoms with Crippen LogP contribution in [0.1, 0.15) is 17.9 Å². The average molecular weight is 241 g/mol. The Bertz CT molecular complexity index is 503. The summed E-state index contributed by atoms with van der Waals surface area (Å²) in [7, 11) is 1.79. The molecule has 5 nitrogen and oxygen atoms in total. The highest BCUT2D eigenvalue weighted by Crippen LogP contribution is 2.14. The number of rotatable bonds is 4. The van der Waals surface area contributed by atoms with E-state index in [9.17, 15) is 8.78 Å². The van der Waals surface area contributed by atoms with Crippen LogP contribution in [0.3, 0.4) is 0 Å². The topological polar surface area (TPSA) is 47.7 Å². The van der Waals surface area contributed by atoms with Crippen LogP contribution in [0.5, 0.6) is 0 Å². The zero-order valence-corrected chi connectivity index (χ0v) is 9.56. The molecular formula is C10H13F2N5. The third-order valence-corrected chi connectivity index (χ3v) is 2.39. The molecule has 2 aromatic rings. The molecule has 2 heterocycles. The Balaban J connectivity index is 2.07. The lowest BCUT2D eigenvalue weighted by Crippen LogP contribution is -2.11. The Kier molecular flexibility index (Phi) is 3.08. The maximum atomic E-state index is 12.5. The molecule has 0 unspecified atom stereocenters. The molecule has 17 heavy (non-hydrogen) atoms. The van der Waals surface area contributed by atoms with Gasteiger partial charge in [0.05, 0.1) is 17.9 Å². The molecule has 0 spiro atoms. The molecule has 0 aliphatic rings. The number of halogens is 2. The Morgan fingerprint density at radius 3 is 2.82 bits per heavy atom. The summed E-state index contributed by atoms with van der Waals surface area (Å²) < 4.78 is 27.4. The van der Waals surface area contributed by atoms with Crippen molar-refractivity contribution >= 4 is 5.82 Å². The third-order valence-electron chi connectivity index (χ3n) is 2.39. The summed E-state index contributed by atoms with van der Waals surface area (Å²) in [5, 5.41) is 10.7. The van der Waals surface area contributed by atoms with Gasteiger partial charge < -0.3 is 5.32 Å². The minimum atomic E-state index is -2.62. The molecule has 2 aromatic heterocycles. The van der Waals surface area contributed by atoms with Crippen molar-refractivity contribution in [1.29, 1.82) is 0 Å². The van der Waals surface area contributed by atoms with Gasteiger partial charge in [-0.25, -0.2) is 4.68 Å². The van der Waals surface area contributed by atoms with Crippen LogP contribution in [0, 0.1) is 6.92 Å². The number of anilines is 1. The summed E-state index contributed by atoms with van der Waals surface area (Å²) in [5.41, 5.74) is 1.30. The summed E-state index contributed by atoms with van der Waals surface area (Å²) in [4.78, 5) is 0. The van der Waals surface area contributed by atoms with Crippen molar-refractivity contribution < 1.29 is 8.78 Å². The number of aromatic nitrogens is 4. The van der Waals surface area contributed by atoms with Crippen LogP contribution in [0.25, 0.3) is 0 Å². The van der Waals surface area contributed by atoms with Crippen LogP contribution in [0.2, 0.25) is 0 Å². The number of hydrogen-bond donors (Lipinski definition) is 1. The number of aryl methyl sites for hydroxylation is 2. The lowest BCUT2D eigenvalue weighted by Gasteiger charge is -2.08. The number of nitrogens with zero attached hydrogens (tertiary/aromatic N) is 4. The van der Waals surface area contributed by atoms with Crippen molar-refractivity contribution in [3.63, 3.8) is 0 Å². The van der Waals surface area contributed by atoms with Gasteiger partial charge in [-0.2, -0.15) is 19.0 Å². The van der Waals surface area contributed by atoms with Crippen LogP contribution in [0.15, 0.2) is 18.3 Å². The van der Waals surface area contributed by atoms with Crippen molar-refractivity contribution in [2.24, 2.45) is 7.05 Å². The first-order valence-corrected chi connectivity index (χ1v) is 5.13. The molecule has 1 N–H and O–H groups in total. The summed E-state index contributed by atoms with van der Waals surface area (Å²) in [6.45, 7) is -0.465. The van der Waals surface area contributed by atoms with Crippen molar-refractivity contribution in [3.8, 4) is 0 Å². The molecule has 7 heteroatoms. The summed E-state index contributed by atoms with van der Waals surface area (Å²) >= 11 is 0. The molecule has 0 fully saturated rings. The first-order valence-electron chi connectivity index (χ1n) is 5.13. The summed E-state index contributed by atoms with van der Waals surface area (Å²) in [6.07, 6.45) is 1.36. The van der Waals surface area contributed by atoms with Gasteiger partial charge in [0.15, 0.2) is 0 Å². The highest BCUT2D eigenvalue weighted by Gasteiger charge is 2.11. The normalized spacial score (nSPS) is 11.1. The highest BCUT2D eigenvalue weighted by atomic mass is 19.3. The van der Waals surface area contributed by atoms with E-state index in [1.54, 1.807) is 17.8 Å². The van der Waals surface area contributed by atoms with Crippen LogP contribution >= 0.6 is 0 Å². The molecule has 2 rings (SSSR count). The number of hydrogen-bond acceptors (Lipinski definition) is 3. The Hall–Kier alpha value is -1.92. The summed E-state index contributed by atoms with van der Waals surface area (Å²) in [5.74, 6) is 0.782. The van der Waals surface area contributed by atoms with Crippen molar-refractivity contribution in [2.75, 3.05) is 5.32 Å². The first-order chi connectivity index (χ1) is 8.08. The van der Waals surface area contributed by atoms with Gasteiger partial charge in [0.1, 0.15) is 5.82 Å². The maximum absolute atomic E-state index is 12.5. The second-order valence-corrected chi connectivity index (χ2v) is 3.69. The van der Waals surface area contributed by atoms with Crippen LogP contribution < -0.4 is 5.32 Å². The Labute approximate surface area is 97.0 Å². The van der Waals surface area contributed by atoms with E-state index in [-0.39, 0.29) is 6.54 Å². The second-order valence-electron chi connectivity index (χ2n) is 3.69. The molecule has 0 bridgehead atoms. The van der Waals surface area contributed by atoms with Gasteiger partial charge in [-0.1, -0.05) is 0 Å². The van der Waals surface area contributed by atoms with Gasteiger partial charge in [-0.05, 0) is 13.0 Å². The summed E-state index contributed by atoms with van der Waals surface area (Å²) in [6, 6.07) is 3.41. The van der Waals surface area contributed by atoms with Gasteiger partial charge in [0, 0.05) is 19.3 Å². The standard InChI is InChI=1S/C10H13F2N5/c1-7-5-9(16(2)15-7)13-6-8-3-4-14-17(8)10(11)12/h3-5,10,13H,6H2,1-2H3. The van der Waals surface area contributed by atoms with E-state index in [1.807, 2.05) is 13.0 Å².